The molecule has 26 heavy (non-hydrogen) atoms. The Morgan fingerprint density at radius 2 is 1.96 bits per heavy atom. The smallest absolute Gasteiger partial charge is 0.0653 e. The molecule has 1 N–H and O–H groups in total. The standard InChI is InChI=1S/C21H19N5/c1-26-12-18-8-14(16-6-7-22-23-10-16)4-5-19(18)20(13-26)15-2-3-17-11-24-25-21(17)9-15/h2-11,20H,12-13H2,1H3,(H,24,25). The Morgan fingerprint density at radius 1 is 1.00 bits per heavy atom. The third kappa shape index (κ3) is 2.57. The molecule has 2 aromatic heterocycles. The van der Waals surface area contributed by atoms with Crippen LogP contribution in [0, 0.1) is 0 Å². The first-order chi connectivity index (χ1) is 12.8. The van der Waals surface area contributed by atoms with E-state index >= 15 is 0 Å². The van der Waals surface area contributed by atoms with Crippen molar-refractivity contribution in [3.8, 4) is 11.1 Å². The molecule has 0 bridgehead atoms. The summed E-state index contributed by atoms with van der Waals surface area (Å²) in [7, 11) is 2.19. The van der Waals surface area contributed by atoms with E-state index in [1.807, 2.05) is 18.5 Å². The summed E-state index contributed by atoms with van der Waals surface area (Å²) >= 11 is 0. The molecule has 1 atom stereocenters. The fraction of sp³-hybridized carbons (Fsp3) is 0.190. The van der Waals surface area contributed by atoms with Crippen LogP contribution >= 0.6 is 0 Å². The predicted octanol–water partition coefficient (Wildman–Crippen LogP) is 3.60. The lowest BCUT2D eigenvalue weighted by molar-refractivity contribution is 0.295. The first-order valence-electron chi connectivity index (χ1n) is 8.79. The maximum absolute atomic E-state index is 4.15. The van der Waals surface area contributed by atoms with Crippen molar-refractivity contribution in [2.75, 3.05) is 13.6 Å². The number of aromatic nitrogens is 4. The van der Waals surface area contributed by atoms with Gasteiger partial charge in [0.05, 0.1) is 24.1 Å². The van der Waals surface area contributed by atoms with E-state index in [-0.39, 0.29) is 0 Å². The van der Waals surface area contributed by atoms with Crippen LogP contribution in [0.15, 0.2) is 61.1 Å². The second-order valence-corrected chi connectivity index (χ2v) is 7.01. The minimum atomic E-state index is 0.362. The molecule has 5 heteroatoms. The molecule has 0 fully saturated rings. The number of rotatable bonds is 2. The molecule has 1 aliphatic rings. The highest BCUT2D eigenvalue weighted by Crippen LogP contribution is 2.36. The molecule has 0 saturated heterocycles. The summed E-state index contributed by atoms with van der Waals surface area (Å²) in [5, 5.41) is 16.3. The maximum Gasteiger partial charge on any atom is 0.0653 e. The number of hydrogen-bond acceptors (Lipinski definition) is 4. The van der Waals surface area contributed by atoms with Crippen molar-refractivity contribution in [2.45, 2.75) is 12.5 Å². The Balaban J connectivity index is 1.59. The number of likely N-dealkylation sites (N-methyl/N-ethyl adjacent to an activating group) is 1. The fourth-order valence-corrected chi connectivity index (χ4v) is 3.95. The highest BCUT2D eigenvalue weighted by Gasteiger charge is 2.25. The number of nitrogens with one attached hydrogen (secondary N) is 1. The zero-order chi connectivity index (χ0) is 17.5. The Kier molecular flexibility index (Phi) is 3.53. The molecule has 5 nitrogen and oxygen atoms in total. The van der Waals surface area contributed by atoms with Crippen LogP contribution in [0.3, 0.4) is 0 Å². The summed E-state index contributed by atoms with van der Waals surface area (Å²) in [6.07, 6.45) is 5.43. The van der Waals surface area contributed by atoms with Crippen LogP contribution < -0.4 is 0 Å². The van der Waals surface area contributed by atoms with Gasteiger partial charge < -0.3 is 4.90 Å². The first-order valence-corrected chi connectivity index (χ1v) is 8.79. The maximum atomic E-state index is 4.15. The third-order valence-corrected chi connectivity index (χ3v) is 5.24. The van der Waals surface area contributed by atoms with Gasteiger partial charge >= 0.3 is 0 Å². The van der Waals surface area contributed by atoms with Gasteiger partial charge in [0.2, 0.25) is 0 Å². The molecular weight excluding hydrogens is 322 g/mol. The lowest BCUT2D eigenvalue weighted by Crippen LogP contribution is -2.31. The zero-order valence-corrected chi connectivity index (χ0v) is 14.6. The normalized spacial score (nSPS) is 17.3. The van der Waals surface area contributed by atoms with Crippen molar-refractivity contribution in [2.24, 2.45) is 0 Å². The van der Waals surface area contributed by atoms with Crippen molar-refractivity contribution < 1.29 is 0 Å². The van der Waals surface area contributed by atoms with E-state index in [9.17, 15) is 0 Å². The van der Waals surface area contributed by atoms with Crippen LogP contribution in [0.2, 0.25) is 0 Å². The van der Waals surface area contributed by atoms with E-state index in [0.29, 0.717) is 5.92 Å². The van der Waals surface area contributed by atoms with E-state index in [0.717, 1.165) is 29.6 Å². The van der Waals surface area contributed by atoms with Crippen LogP contribution in [0.5, 0.6) is 0 Å². The van der Waals surface area contributed by atoms with Crippen molar-refractivity contribution in [3.63, 3.8) is 0 Å². The van der Waals surface area contributed by atoms with Crippen LogP contribution in [0.4, 0.5) is 0 Å². The summed E-state index contributed by atoms with van der Waals surface area (Å²) in [5.41, 5.74) is 7.50. The van der Waals surface area contributed by atoms with Gasteiger partial charge in [-0.25, -0.2) is 0 Å². The molecule has 4 aromatic rings. The average Bonchev–Trinajstić information content (AvgIpc) is 3.15. The van der Waals surface area contributed by atoms with E-state index < -0.39 is 0 Å². The molecule has 0 aliphatic carbocycles. The topological polar surface area (TPSA) is 57.7 Å². The monoisotopic (exact) mass is 341 g/mol. The molecule has 0 radical (unpaired) electrons. The highest BCUT2D eigenvalue weighted by atomic mass is 15.1. The average molecular weight is 341 g/mol. The van der Waals surface area contributed by atoms with Crippen LogP contribution in [0.25, 0.3) is 22.0 Å². The number of aromatic amines is 1. The van der Waals surface area contributed by atoms with E-state index in [2.05, 4.69) is 68.7 Å². The molecule has 128 valence electrons. The number of benzene rings is 2. The van der Waals surface area contributed by atoms with Gasteiger partial charge in [0.15, 0.2) is 0 Å². The second kappa shape index (κ2) is 6.04. The fourth-order valence-electron chi connectivity index (χ4n) is 3.95. The SMILES string of the molecule is CN1Cc2cc(-c3ccnnc3)ccc2C(c2ccc3cn[nH]c3c2)C1. The van der Waals surface area contributed by atoms with Crippen LogP contribution in [0.1, 0.15) is 22.6 Å². The molecule has 3 heterocycles. The van der Waals surface area contributed by atoms with Gasteiger partial charge in [0.25, 0.3) is 0 Å². The number of hydrogen-bond donors (Lipinski definition) is 1. The number of H-pyrrole nitrogens is 1. The van der Waals surface area contributed by atoms with Crippen molar-refractivity contribution in [1.82, 2.24) is 25.3 Å². The summed E-state index contributed by atoms with van der Waals surface area (Å²) < 4.78 is 0. The lowest BCUT2D eigenvalue weighted by Gasteiger charge is -2.33. The Labute approximate surface area is 151 Å². The van der Waals surface area contributed by atoms with Gasteiger partial charge in [-0.05, 0) is 47.5 Å². The molecule has 2 aromatic carbocycles. The summed E-state index contributed by atoms with van der Waals surface area (Å²) in [5.74, 6) is 0.362. The van der Waals surface area contributed by atoms with E-state index in [1.54, 1.807) is 6.20 Å². The van der Waals surface area contributed by atoms with Gasteiger partial charge in [-0.2, -0.15) is 15.3 Å². The van der Waals surface area contributed by atoms with Crippen molar-refractivity contribution in [3.05, 3.63) is 77.7 Å². The van der Waals surface area contributed by atoms with E-state index in [1.165, 1.54) is 22.3 Å². The largest absolute Gasteiger partial charge is 0.301 e. The Hall–Kier alpha value is -3.05. The number of fused-ring (bicyclic) bond motifs is 2. The Morgan fingerprint density at radius 3 is 2.85 bits per heavy atom. The van der Waals surface area contributed by atoms with E-state index in [4.69, 9.17) is 0 Å². The highest BCUT2D eigenvalue weighted by molar-refractivity contribution is 5.79. The minimum absolute atomic E-state index is 0.362. The molecule has 0 saturated carbocycles. The summed E-state index contributed by atoms with van der Waals surface area (Å²) in [6.45, 7) is 1.98. The van der Waals surface area contributed by atoms with Crippen molar-refractivity contribution in [1.29, 1.82) is 0 Å². The summed E-state index contributed by atoms with van der Waals surface area (Å²) in [6, 6.07) is 15.4. The van der Waals surface area contributed by atoms with Crippen molar-refractivity contribution >= 4 is 10.9 Å². The quantitative estimate of drug-likeness (QED) is 0.605. The van der Waals surface area contributed by atoms with Gasteiger partial charge in [-0.1, -0.05) is 24.3 Å². The zero-order valence-electron chi connectivity index (χ0n) is 14.6. The van der Waals surface area contributed by atoms with Gasteiger partial charge in [-0.15, -0.1) is 0 Å². The minimum Gasteiger partial charge on any atom is -0.301 e. The molecule has 1 aliphatic heterocycles. The van der Waals surface area contributed by atoms with Gasteiger partial charge in [0.1, 0.15) is 0 Å². The first kappa shape index (κ1) is 15.2. The second-order valence-electron chi connectivity index (χ2n) is 7.01. The third-order valence-electron chi connectivity index (χ3n) is 5.24. The lowest BCUT2D eigenvalue weighted by atomic mass is 9.83. The molecule has 0 spiro atoms. The van der Waals surface area contributed by atoms with Gasteiger partial charge in [0, 0.05) is 30.0 Å². The molecule has 0 amide bonds. The molecule has 1 unspecified atom stereocenters. The van der Waals surface area contributed by atoms with Crippen LogP contribution in [-0.4, -0.2) is 38.9 Å². The predicted molar refractivity (Wildman–Crippen MR) is 102 cm³/mol. The van der Waals surface area contributed by atoms with Crippen LogP contribution in [-0.2, 0) is 6.54 Å². The summed E-state index contributed by atoms with van der Waals surface area (Å²) in [4.78, 5) is 2.39. The van der Waals surface area contributed by atoms with Gasteiger partial charge in [-0.3, -0.25) is 5.10 Å². The number of nitrogens with zero attached hydrogens (tertiary/aromatic N) is 4. The molecule has 5 rings (SSSR count). The Bertz CT molecular complexity index is 1070. The molecular formula is C21H19N5.